The average Bonchev–Trinajstić information content (AvgIpc) is 2.67. The molecule has 1 rings (SSSR count). The van der Waals surface area contributed by atoms with Crippen molar-refractivity contribution < 1.29 is 23.1 Å². The third-order valence-corrected chi connectivity index (χ3v) is 2.48. The van der Waals surface area contributed by atoms with Gasteiger partial charge in [0.05, 0.1) is 7.11 Å². The summed E-state index contributed by atoms with van der Waals surface area (Å²) in [5, 5.41) is 0. The topological polar surface area (TPSA) is 43.4 Å². The van der Waals surface area contributed by atoms with E-state index in [9.17, 15) is 18.4 Å². The van der Waals surface area contributed by atoms with Crippen LogP contribution >= 0.6 is 0 Å². The van der Waals surface area contributed by atoms with Crippen molar-refractivity contribution in [3.8, 4) is 0 Å². The normalized spacial score (nSPS) is 18.2. The van der Waals surface area contributed by atoms with Crippen LogP contribution < -0.4 is 0 Å². The fourth-order valence-corrected chi connectivity index (χ4v) is 1.67. The smallest absolute Gasteiger partial charge is 0.400 e. The van der Waals surface area contributed by atoms with Gasteiger partial charge in [-0.25, -0.2) is 4.79 Å². The Morgan fingerprint density at radius 1 is 1.29 bits per heavy atom. The number of ether oxygens (including phenoxy) is 1. The van der Waals surface area contributed by atoms with Gasteiger partial charge in [-0.3, -0.25) is 4.79 Å². The molecule has 1 saturated carbocycles. The molecule has 1 aliphatic rings. The first-order chi connectivity index (χ1) is 6.50. The first kappa shape index (κ1) is 11.1. The van der Waals surface area contributed by atoms with Crippen LogP contribution in [0.25, 0.3) is 0 Å². The highest BCUT2D eigenvalue weighted by molar-refractivity contribution is 6.06. The van der Waals surface area contributed by atoms with Crippen LogP contribution in [0.5, 0.6) is 0 Å². The highest BCUT2D eigenvalue weighted by Crippen LogP contribution is 2.31. The number of carbonyl (C=O) groups excluding carboxylic acids is 2. The van der Waals surface area contributed by atoms with Gasteiger partial charge in [0.15, 0.2) is 0 Å². The van der Waals surface area contributed by atoms with Crippen LogP contribution in [0.1, 0.15) is 25.7 Å². The highest BCUT2D eigenvalue weighted by atomic mass is 19.3. The molecule has 0 unspecified atom stereocenters. The lowest BCUT2D eigenvalue weighted by atomic mass is 9.98. The second-order valence-electron chi connectivity index (χ2n) is 3.41. The molecule has 0 saturated heterocycles. The van der Waals surface area contributed by atoms with Crippen molar-refractivity contribution >= 4 is 11.8 Å². The summed E-state index contributed by atoms with van der Waals surface area (Å²) in [6.07, 6.45) is 2.44. The summed E-state index contributed by atoms with van der Waals surface area (Å²) in [4.78, 5) is 21.9. The predicted molar refractivity (Wildman–Crippen MR) is 43.9 cm³/mol. The summed E-state index contributed by atoms with van der Waals surface area (Å²) in [6.45, 7) is 0. The monoisotopic (exact) mass is 206 g/mol. The number of esters is 1. The van der Waals surface area contributed by atoms with Crippen LogP contribution in [0.2, 0.25) is 0 Å². The van der Waals surface area contributed by atoms with Gasteiger partial charge >= 0.3 is 11.9 Å². The number of ketones is 1. The number of hydrogen-bond acceptors (Lipinski definition) is 3. The SMILES string of the molecule is COC(=O)C(F)(F)C(=O)C1CCCC1. The molecule has 0 heterocycles. The number of carbonyl (C=O) groups is 2. The molecule has 1 aliphatic carbocycles. The van der Waals surface area contributed by atoms with Gasteiger partial charge in [0.2, 0.25) is 5.78 Å². The fraction of sp³-hybridized carbons (Fsp3) is 0.778. The van der Waals surface area contributed by atoms with E-state index < -0.39 is 23.6 Å². The molecule has 80 valence electrons. The second kappa shape index (κ2) is 4.02. The van der Waals surface area contributed by atoms with Crippen LogP contribution in [0.4, 0.5) is 8.78 Å². The molecule has 0 aromatic carbocycles. The third-order valence-electron chi connectivity index (χ3n) is 2.48. The molecule has 0 atom stereocenters. The van der Waals surface area contributed by atoms with Crippen molar-refractivity contribution in [2.75, 3.05) is 7.11 Å². The van der Waals surface area contributed by atoms with Crippen molar-refractivity contribution in [1.29, 1.82) is 0 Å². The lowest BCUT2D eigenvalue weighted by Crippen LogP contribution is -2.42. The molecule has 0 aromatic heterocycles. The Morgan fingerprint density at radius 3 is 2.21 bits per heavy atom. The van der Waals surface area contributed by atoms with Crippen molar-refractivity contribution in [3.05, 3.63) is 0 Å². The van der Waals surface area contributed by atoms with Crippen molar-refractivity contribution in [1.82, 2.24) is 0 Å². The molecule has 3 nitrogen and oxygen atoms in total. The molecule has 0 spiro atoms. The third kappa shape index (κ3) is 1.91. The number of rotatable bonds is 3. The summed E-state index contributed by atoms with van der Waals surface area (Å²) in [6, 6.07) is 0. The van der Waals surface area contributed by atoms with Gasteiger partial charge in [-0.15, -0.1) is 0 Å². The van der Waals surface area contributed by atoms with E-state index in [0.717, 1.165) is 20.0 Å². The zero-order valence-electron chi connectivity index (χ0n) is 7.89. The molecule has 5 heteroatoms. The Bertz CT molecular complexity index is 244. The maximum absolute atomic E-state index is 13.0. The molecule has 0 aliphatic heterocycles. The quantitative estimate of drug-likeness (QED) is 0.519. The predicted octanol–water partition coefficient (Wildman–Crippen LogP) is 1.55. The van der Waals surface area contributed by atoms with E-state index in [1.807, 2.05) is 0 Å². The molecule has 0 N–H and O–H groups in total. The molecular weight excluding hydrogens is 194 g/mol. The zero-order valence-corrected chi connectivity index (χ0v) is 7.89. The van der Waals surface area contributed by atoms with Crippen LogP contribution in [-0.4, -0.2) is 24.8 Å². The maximum atomic E-state index is 13.0. The van der Waals surface area contributed by atoms with Crippen LogP contribution in [0.3, 0.4) is 0 Å². The van der Waals surface area contributed by atoms with Crippen LogP contribution in [0.15, 0.2) is 0 Å². The Morgan fingerprint density at radius 2 is 1.79 bits per heavy atom. The summed E-state index contributed by atoms with van der Waals surface area (Å²) in [5.74, 6) is -7.69. The lowest BCUT2D eigenvalue weighted by Gasteiger charge is -2.15. The Hall–Kier alpha value is -1.00. The summed E-state index contributed by atoms with van der Waals surface area (Å²) in [7, 11) is 0.845. The van der Waals surface area contributed by atoms with Gasteiger partial charge in [0, 0.05) is 5.92 Å². The molecule has 0 bridgehead atoms. The van der Waals surface area contributed by atoms with Gasteiger partial charge in [0.25, 0.3) is 0 Å². The molecular formula is C9H12F2O3. The van der Waals surface area contributed by atoms with Crippen LogP contribution in [-0.2, 0) is 14.3 Å². The van der Waals surface area contributed by atoms with E-state index in [1.165, 1.54) is 0 Å². The minimum atomic E-state index is -3.97. The Labute approximate surface area is 80.4 Å². The van der Waals surface area contributed by atoms with E-state index in [1.54, 1.807) is 0 Å². The standard InChI is InChI=1S/C9H12F2O3/c1-14-8(13)9(10,11)7(12)6-4-2-3-5-6/h6H,2-5H2,1H3. The van der Waals surface area contributed by atoms with Crippen molar-refractivity contribution in [2.24, 2.45) is 5.92 Å². The number of hydrogen-bond donors (Lipinski definition) is 0. The molecule has 0 aromatic rings. The van der Waals surface area contributed by atoms with Gasteiger partial charge in [-0.05, 0) is 12.8 Å². The number of alkyl halides is 2. The zero-order chi connectivity index (χ0) is 10.8. The highest BCUT2D eigenvalue weighted by Gasteiger charge is 2.51. The van der Waals surface area contributed by atoms with E-state index in [-0.39, 0.29) is 0 Å². The average molecular weight is 206 g/mol. The first-order valence-electron chi connectivity index (χ1n) is 4.50. The first-order valence-corrected chi connectivity index (χ1v) is 4.50. The van der Waals surface area contributed by atoms with Gasteiger partial charge in [-0.2, -0.15) is 8.78 Å². The largest absolute Gasteiger partial charge is 0.464 e. The van der Waals surface area contributed by atoms with Crippen LogP contribution in [0, 0.1) is 5.92 Å². The minimum absolute atomic E-state index is 0.450. The van der Waals surface area contributed by atoms with Crippen molar-refractivity contribution in [2.45, 2.75) is 31.6 Å². The summed E-state index contributed by atoms with van der Waals surface area (Å²) < 4.78 is 30.0. The number of methoxy groups -OCH3 is 1. The lowest BCUT2D eigenvalue weighted by molar-refractivity contribution is -0.176. The Balaban J connectivity index is 2.70. The van der Waals surface area contributed by atoms with Gasteiger partial charge in [0.1, 0.15) is 0 Å². The molecule has 0 amide bonds. The number of Topliss-reactive ketones (excluding diaryl/α,β-unsaturated/α-hetero) is 1. The summed E-state index contributed by atoms with van der Waals surface area (Å²) in [5.41, 5.74) is 0. The van der Waals surface area contributed by atoms with Crippen molar-refractivity contribution in [3.63, 3.8) is 0 Å². The Kier molecular flexibility index (Phi) is 3.18. The number of halogens is 2. The molecule has 14 heavy (non-hydrogen) atoms. The summed E-state index contributed by atoms with van der Waals surface area (Å²) >= 11 is 0. The van der Waals surface area contributed by atoms with E-state index in [4.69, 9.17) is 0 Å². The fourth-order valence-electron chi connectivity index (χ4n) is 1.67. The van der Waals surface area contributed by atoms with Gasteiger partial charge < -0.3 is 4.74 Å². The molecule has 1 fully saturated rings. The maximum Gasteiger partial charge on any atom is 0.400 e. The molecule has 0 radical (unpaired) electrons. The van der Waals surface area contributed by atoms with E-state index in [2.05, 4.69) is 4.74 Å². The van der Waals surface area contributed by atoms with E-state index >= 15 is 0 Å². The second-order valence-corrected chi connectivity index (χ2v) is 3.41. The van der Waals surface area contributed by atoms with Gasteiger partial charge in [-0.1, -0.05) is 12.8 Å². The minimum Gasteiger partial charge on any atom is -0.464 e. The van der Waals surface area contributed by atoms with E-state index in [0.29, 0.717) is 12.8 Å².